The van der Waals surface area contributed by atoms with Crippen LogP contribution in [-0.4, -0.2) is 35.2 Å². The number of alkyl halides is 3. The van der Waals surface area contributed by atoms with Crippen LogP contribution >= 0.6 is 11.3 Å². The highest BCUT2D eigenvalue weighted by Crippen LogP contribution is 2.32. The van der Waals surface area contributed by atoms with Gasteiger partial charge in [-0.15, -0.1) is 11.3 Å². The molecule has 24 heavy (non-hydrogen) atoms. The van der Waals surface area contributed by atoms with Crippen molar-refractivity contribution in [2.24, 2.45) is 0 Å². The Hall–Kier alpha value is -1.44. The van der Waals surface area contributed by atoms with Gasteiger partial charge in [0.25, 0.3) is 0 Å². The number of nitrogens with zero attached hydrogens (tertiary/aromatic N) is 2. The largest absolute Gasteiger partial charge is 0.416 e. The van der Waals surface area contributed by atoms with Crippen molar-refractivity contribution in [2.45, 2.75) is 32.1 Å². The van der Waals surface area contributed by atoms with Crippen LogP contribution in [-0.2, 0) is 17.5 Å². The molecule has 130 valence electrons. The zero-order valence-electron chi connectivity index (χ0n) is 13.6. The Kier molecular flexibility index (Phi) is 4.68. The Labute approximate surface area is 143 Å². The van der Waals surface area contributed by atoms with Gasteiger partial charge < -0.3 is 4.74 Å². The first-order valence-electron chi connectivity index (χ1n) is 7.70. The minimum absolute atomic E-state index is 0.0453. The summed E-state index contributed by atoms with van der Waals surface area (Å²) in [5.41, 5.74) is 0.958. The summed E-state index contributed by atoms with van der Waals surface area (Å²) in [5, 5.41) is 2.71. The lowest BCUT2D eigenvalue weighted by Crippen LogP contribution is -2.52. The quantitative estimate of drug-likeness (QED) is 0.813. The van der Waals surface area contributed by atoms with E-state index in [0.29, 0.717) is 25.3 Å². The van der Waals surface area contributed by atoms with Crippen LogP contribution in [0, 0.1) is 0 Å². The summed E-state index contributed by atoms with van der Waals surface area (Å²) in [6.07, 6.45) is -4.31. The minimum Gasteiger partial charge on any atom is -0.378 e. The predicted octanol–water partition coefficient (Wildman–Crippen LogP) is 4.44. The molecule has 1 fully saturated rings. The zero-order chi connectivity index (χ0) is 17.4. The van der Waals surface area contributed by atoms with E-state index in [1.54, 1.807) is 0 Å². The first-order chi connectivity index (χ1) is 11.3. The monoisotopic (exact) mass is 356 g/mol. The second kappa shape index (κ2) is 6.46. The third-order valence-corrected chi connectivity index (χ3v) is 5.12. The minimum atomic E-state index is -4.31. The lowest BCUT2D eigenvalue weighted by Gasteiger charge is -2.41. The molecule has 1 aliphatic heterocycles. The molecule has 1 aromatic heterocycles. The Morgan fingerprint density at radius 2 is 1.96 bits per heavy atom. The van der Waals surface area contributed by atoms with Crippen molar-refractivity contribution in [1.29, 1.82) is 0 Å². The van der Waals surface area contributed by atoms with E-state index >= 15 is 0 Å². The summed E-state index contributed by atoms with van der Waals surface area (Å²) >= 11 is 1.45. The Morgan fingerprint density at radius 3 is 2.58 bits per heavy atom. The van der Waals surface area contributed by atoms with Gasteiger partial charge in [-0.3, -0.25) is 4.90 Å². The average molecular weight is 356 g/mol. The topological polar surface area (TPSA) is 25.4 Å². The maximum Gasteiger partial charge on any atom is 0.416 e. The SMILES string of the molecule is CC1(C)COCCN1Cc1csc(-c2ccc(C(F)(F)F)cc2)n1. The lowest BCUT2D eigenvalue weighted by atomic mass is 10.0. The second-order valence-corrected chi connectivity index (χ2v) is 7.36. The Balaban J connectivity index is 1.73. The van der Waals surface area contributed by atoms with Gasteiger partial charge in [0.05, 0.1) is 24.5 Å². The van der Waals surface area contributed by atoms with E-state index in [0.717, 1.165) is 29.4 Å². The summed E-state index contributed by atoms with van der Waals surface area (Å²) in [5.74, 6) is 0. The van der Waals surface area contributed by atoms with Crippen LogP contribution in [0.1, 0.15) is 25.1 Å². The fourth-order valence-corrected chi connectivity index (χ4v) is 3.51. The number of halogens is 3. The van der Waals surface area contributed by atoms with Gasteiger partial charge in [0.15, 0.2) is 0 Å². The number of ether oxygens (including phenoxy) is 1. The van der Waals surface area contributed by atoms with Crippen molar-refractivity contribution in [3.8, 4) is 10.6 Å². The number of thiazole rings is 1. The van der Waals surface area contributed by atoms with E-state index in [9.17, 15) is 13.2 Å². The fourth-order valence-electron chi connectivity index (χ4n) is 2.69. The average Bonchev–Trinajstić information content (AvgIpc) is 2.97. The maximum atomic E-state index is 12.6. The van der Waals surface area contributed by atoms with E-state index in [2.05, 4.69) is 23.7 Å². The molecule has 0 unspecified atom stereocenters. The molecule has 1 aromatic carbocycles. The molecule has 0 bridgehead atoms. The number of benzene rings is 1. The Morgan fingerprint density at radius 1 is 1.25 bits per heavy atom. The van der Waals surface area contributed by atoms with Crippen LogP contribution in [0.5, 0.6) is 0 Å². The van der Waals surface area contributed by atoms with Crippen LogP contribution in [0.4, 0.5) is 13.2 Å². The highest BCUT2D eigenvalue weighted by atomic mass is 32.1. The van der Waals surface area contributed by atoms with Gasteiger partial charge in [-0.05, 0) is 26.0 Å². The van der Waals surface area contributed by atoms with Gasteiger partial charge in [0.1, 0.15) is 5.01 Å². The first-order valence-corrected chi connectivity index (χ1v) is 8.58. The van der Waals surface area contributed by atoms with Gasteiger partial charge >= 0.3 is 6.18 Å². The molecule has 3 rings (SSSR count). The van der Waals surface area contributed by atoms with E-state index in [1.165, 1.54) is 23.5 Å². The van der Waals surface area contributed by atoms with Crippen molar-refractivity contribution >= 4 is 11.3 Å². The molecule has 7 heteroatoms. The van der Waals surface area contributed by atoms with Crippen LogP contribution in [0.3, 0.4) is 0 Å². The number of aromatic nitrogens is 1. The maximum absolute atomic E-state index is 12.6. The summed E-state index contributed by atoms with van der Waals surface area (Å²) in [6.45, 7) is 7.22. The molecule has 0 radical (unpaired) electrons. The lowest BCUT2D eigenvalue weighted by molar-refractivity contribution is -0.137. The predicted molar refractivity (Wildman–Crippen MR) is 87.9 cm³/mol. The second-order valence-electron chi connectivity index (χ2n) is 6.51. The van der Waals surface area contributed by atoms with Crippen molar-refractivity contribution in [3.05, 3.63) is 40.9 Å². The molecular weight excluding hydrogens is 337 g/mol. The molecule has 1 saturated heterocycles. The molecule has 0 aliphatic carbocycles. The number of rotatable bonds is 3. The number of morpholine rings is 1. The molecule has 0 saturated carbocycles. The molecule has 0 N–H and O–H groups in total. The summed E-state index contributed by atoms with van der Waals surface area (Å²) < 4.78 is 43.4. The van der Waals surface area contributed by atoms with Crippen LogP contribution < -0.4 is 0 Å². The summed E-state index contributed by atoms with van der Waals surface area (Å²) in [4.78, 5) is 6.91. The number of hydrogen-bond donors (Lipinski definition) is 0. The normalized spacial score (nSPS) is 18.7. The first kappa shape index (κ1) is 17.4. The summed E-state index contributed by atoms with van der Waals surface area (Å²) in [7, 11) is 0. The van der Waals surface area contributed by atoms with Gasteiger partial charge in [0, 0.05) is 29.6 Å². The van der Waals surface area contributed by atoms with Crippen molar-refractivity contribution in [3.63, 3.8) is 0 Å². The Bertz CT molecular complexity index is 695. The van der Waals surface area contributed by atoms with Crippen LogP contribution in [0.25, 0.3) is 10.6 Å². The summed E-state index contributed by atoms with van der Waals surface area (Å²) in [6, 6.07) is 5.15. The van der Waals surface area contributed by atoms with Gasteiger partial charge in [-0.1, -0.05) is 12.1 Å². The molecule has 0 amide bonds. The van der Waals surface area contributed by atoms with Crippen LogP contribution in [0.15, 0.2) is 29.6 Å². The third-order valence-electron chi connectivity index (χ3n) is 4.18. The highest BCUT2D eigenvalue weighted by molar-refractivity contribution is 7.13. The standard InChI is InChI=1S/C17H19F3N2OS/c1-16(2)11-23-8-7-22(16)9-14-10-24-15(21-14)12-3-5-13(6-4-12)17(18,19)20/h3-6,10H,7-9,11H2,1-2H3. The third kappa shape index (κ3) is 3.79. The molecule has 3 nitrogen and oxygen atoms in total. The smallest absolute Gasteiger partial charge is 0.378 e. The molecular formula is C17H19F3N2OS. The van der Waals surface area contributed by atoms with E-state index in [4.69, 9.17) is 4.74 Å². The number of hydrogen-bond acceptors (Lipinski definition) is 4. The zero-order valence-corrected chi connectivity index (χ0v) is 14.4. The van der Waals surface area contributed by atoms with E-state index < -0.39 is 11.7 Å². The van der Waals surface area contributed by atoms with Crippen molar-refractivity contribution in [2.75, 3.05) is 19.8 Å². The van der Waals surface area contributed by atoms with Gasteiger partial charge in [-0.25, -0.2) is 4.98 Å². The van der Waals surface area contributed by atoms with E-state index in [1.807, 2.05) is 5.38 Å². The molecule has 0 atom stereocenters. The molecule has 2 heterocycles. The van der Waals surface area contributed by atoms with E-state index in [-0.39, 0.29) is 5.54 Å². The van der Waals surface area contributed by atoms with Gasteiger partial charge in [0.2, 0.25) is 0 Å². The van der Waals surface area contributed by atoms with Gasteiger partial charge in [-0.2, -0.15) is 13.2 Å². The fraction of sp³-hybridized carbons (Fsp3) is 0.471. The highest BCUT2D eigenvalue weighted by Gasteiger charge is 2.31. The van der Waals surface area contributed by atoms with Crippen molar-refractivity contribution in [1.82, 2.24) is 9.88 Å². The molecule has 2 aromatic rings. The molecule has 0 spiro atoms. The van der Waals surface area contributed by atoms with Crippen molar-refractivity contribution < 1.29 is 17.9 Å². The van der Waals surface area contributed by atoms with Crippen LogP contribution in [0.2, 0.25) is 0 Å². The molecule has 1 aliphatic rings.